The summed E-state index contributed by atoms with van der Waals surface area (Å²) in [5.74, 6) is 0.370. The maximum Gasteiger partial charge on any atom is 0.175 e. The van der Waals surface area contributed by atoms with Gasteiger partial charge < -0.3 is 4.74 Å². The molecule has 4 nitrogen and oxygen atoms in total. The predicted octanol–water partition coefficient (Wildman–Crippen LogP) is 1.45. The quantitative estimate of drug-likeness (QED) is 0.784. The molecule has 0 unspecified atom stereocenters. The highest BCUT2D eigenvalue weighted by Gasteiger charge is 2.08. The normalized spacial score (nSPS) is 11.1. The van der Waals surface area contributed by atoms with Gasteiger partial charge in [0, 0.05) is 12.7 Å². The van der Waals surface area contributed by atoms with Gasteiger partial charge in [0.05, 0.1) is 4.90 Å². The third-order valence-corrected chi connectivity index (χ3v) is 3.14. The van der Waals surface area contributed by atoms with Crippen LogP contribution >= 0.6 is 0 Å². The second-order valence-corrected chi connectivity index (χ2v) is 5.44. The molecule has 0 saturated heterocycles. The predicted molar refractivity (Wildman–Crippen MR) is 60.3 cm³/mol. The monoisotopic (exact) mass is 242 g/mol. The lowest BCUT2D eigenvalue weighted by molar-refractivity contribution is -0.120. The van der Waals surface area contributed by atoms with Crippen LogP contribution in [0.2, 0.25) is 0 Å². The number of sulfone groups is 1. The highest BCUT2D eigenvalue weighted by atomic mass is 32.2. The average molecular weight is 242 g/mol. The van der Waals surface area contributed by atoms with Gasteiger partial charge >= 0.3 is 0 Å². The van der Waals surface area contributed by atoms with E-state index in [0.717, 1.165) is 6.26 Å². The molecule has 0 radical (unpaired) electrons. The third-order valence-electron chi connectivity index (χ3n) is 2.03. The number of Topliss-reactive ketones (excluding diaryl/α,β-unsaturated/α-hetero) is 1. The van der Waals surface area contributed by atoms with Crippen LogP contribution in [0.25, 0.3) is 0 Å². The summed E-state index contributed by atoms with van der Waals surface area (Å²) in [6.07, 6.45) is 1.54. The Morgan fingerprint density at radius 3 is 2.62 bits per heavy atom. The third kappa shape index (κ3) is 3.66. The van der Waals surface area contributed by atoms with E-state index in [1.807, 2.05) is 0 Å². The fourth-order valence-electron chi connectivity index (χ4n) is 1.06. The lowest BCUT2D eigenvalue weighted by atomic mass is 10.3. The fourth-order valence-corrected chi connectivity index (χ4v) is 1.72. The van der Waals surface area contributed by atoms with E-state index in [2.05, 4.69) is 0 Å². The molecule has 0 N–H and O–H groups in total. The first kappa shape index (κ1) is 12.7. The van der Waals surface area contributed by atoms with Gasteiger partial charge in [0.2, 0.25) is 0 Å². The molecule has 0 aliphatic carbocycles. The Kier molecular flexibility index (Phi) is 4.06. The molecule has 0 amide bonds. The van der Waals surface area contributed by atoms with Crippen molar-refractivity contribution in [1.29, 1.82) is 0 Å². The van der Waals surface area contributed by atoms with E-state index >= 15 is 0 Å². The molecule has 1 aromatic carbocycles. The van der Waals surface area contributed by atoms with Gasteiger partial charge in [-0.05, 0) is 18.2 Å². The maximum absolute atomic E-state index is 11.3. The van der Waals surface area contributed by atoms with E-state index in [1.165, 1.54) is 12.1 Å². The van der Waals surface area contributed by atoms with Gasteiger partial charge in [-0.25, -0.2) is 8.42 Å². The SMILES string of the molecule is CCC(=O)COc1cccc(S(C)(=O)=O)c1. The number of rotatable bonds is 5. The Morgan fingerprint density at radius 1 is 1.38 bits per heavy atom. The topological polar surface area (TPSA) is 60.4 Å². The molecule has 0 aromatic heterocycles. The molecule has 0 atom stereocenters. The Labute approximate surface area is 95.2 Å². The molecule has 0 fully saturated rings. The van der Waals surface area contributed by atoms with Gasteiger partial charge in [-0.3, -0.25) is 4.79 Å². The van der Waals surface area contributed by atoms with Crippen LogP contribution in [0.1, 0.15) is 13.3 Å². The highest BCUT2D eigenvalue weighted by Crippen LogP contribution is 2.17. The Morgan fingerprint density at radius 2 is 2.06 bits per heavy atom. The van der Waals surface area contributed by atoms with Crippen molar-refractivity contribution in [2.75, 3.05) is 12.9 Å². The van der Waals surface area contributed by atoms with Gasteiger partial charge in [0.15, 0.2) is 15.6 Å². The summed E-state index contributed by atoms with van der Waals surface area (Å²) >= 11 is 0. The van der Waals surface area contributed by atoms with Crippen LogP contribution in [-0.4, -0.2) is 27.1 Å². The van der Waals surface area contributed by atoms with E-state index in [1.54, 1.807) is 19.1 Å². The summed E-state index contributed by atoms with van der Waals surface area (Å²) in [7, 11) is -3.23. The smallest absolute Gasteiger partial charge is 0.175 e. The molecular weight excluding hydrogens is 228 g/mol. The standard InChI is InChI=1S/C11H14O4S/c1-3-9(12)8-15-10-5-4-6-11(7-10)16(2,13)14/h4-7H,3,8H2,1-2H3. The van der Waals surface area contributed by atoms with Gasteiger partial charge in [-0.2, -0.15) is 0 Å². The van der Waals surface area contributed by atoms with Crippen molar-refractivity contribution in [1.82, 2.24) is 0 Å². The van der Waals surface area contributed by atoms with E-state index in [4.69, 9.17) is 4.74 Å². The summed E-state index contributed by atoms with van der Waals surface area (Å²) in [5, 5.41) is 0. The first-order valence-corrected chi connectivity index (χ1v) is 6.77. The van der Waals surface area contributed by atoms with Crippen LogP contribution in [0, 0.1) is 0 Å². The number of hydrogen-bond acceptors (Lipinski definition) is 4. The first-order valence-electron chi connectivity index (χ1n) is 4.88. The maximum atomic E-state index is 11.3. The van der Waals surface area contributed by atoms with Crippen molar-refractivity contribution in [3.8, 4) is 5.75 Å². The molecule has 1 aromatic rings. The summed E-state index contributed by atoms with van der Waals surface area (Å²) in [6.45, 7) is 1.72. The molecule has 16 heavy (non-hydrogen) atoms. The van der Waals surface area contributed by atoms with Crippen LogP contribution in [-0.2, 0) is 14.6 Å². The van der Waals surface area contributed by atoms with Crippen molar-refractivity contribution in [2.24, 2.45) is 0 Å². The number of hydrogen-bond donors (Lipinski definition) is 0. The molecule has 0 spiro atoms. The summed E-state index contributed by atoms with van der Waals surface area (Å²) in [4.78, 5) is 11.2. The zero-order valence-electron chi connectivity index (χ0n) is 9.26. The second-order valence-electron chi connectivity index (χ2n) is 3.43. The van der Waals surface area contributed by atoms with Crippen LogP contribution in [0.3, 0.4) is 0 Å². The number of ether oxygens (including phenoxy) is 1. The lowest BCUT2D eigenvalue weighted by Gasteiger charge is -2.05. The summed E-state index contributed by atoms with van der Waals surface area (Å²) < 4.78 is 27.7. The van der Waals surface area contributed by atoms with Gasteiger partial charge in [0.1, 0.15) is 12.4 Å². The van der Waals surface area contributed by atoms with Crippen molar-refractivity contribution < 1.29 is 17.9 Å². The van der Waals surface area contributed by atoms with Crippen LogP contribution in [0.15, 0.2) is 29.2 Å². The second kappa shape index (κ2) is 5.12. The number of benzene rings is 1. The van der Waals surface area contributed by atoms with Crippen LogP contribution in [0.4, 0.5) is 0 Å². The highest BCUT2D eigenvalue weighted by molar-refractivity contribution is 7.90. The molecule has 0 aliphatic heterocycles. The van der Waals surface area contributed by atoms with E-state index < -0.39 is 9.84 Å². The Balaban J connectivity index is 2.80. The summed E-state index contributed by atoms with van der Waals surface area (Å²) in [5.41, 5.74) is 0. The van der Waals surface area contributed by atoms with E-state index in [-0.39, 0.29) is 17.3 Å². The number of ketones is 1. The minimum Gasteiger partial charge on any atom is -0.486 e. The molecule has 88 valence electrons. The Bertz CT molecular complexity index is 477. The molecule has 5 heteroatoms. The largest absolute Gasteiger partial charge is 0.486 e. The molecule has 0 bridgehead atoms. The van der Waals surface area contributed by atoms with Crippen LogP contribution in [0.5, 0.6) is 5.75 Å². The van der Waals surface area contributed by atoms with Crippen molar-refractivity contribution in [2.45, 2.75) is 18.2 Å². The molecule has 1 rings (SSSR count). The van der Waals surface area contributed by atoms with Crippen molar-refractivity contribution in [3.63, 3.8) is 0 Å². The number of carbonyl (C=O) groups is 1. The molecular formula is C11H14O4S. The summed E-state index contributed by atoms with van der Waals surface area (Å²) in [6, 6.07) is 6.11. The van der Waals surface area contributed by atoms with Crippen LogP contribution < -0.4 is 4.74 Å². The fraction of sp³-hybridized carbons (Fsp3) is 0.364. The zero-order valence-corrected chi connectivity index (χ0v) is 10.1. The number of carbonyl (C=O) groups excluding carboxylic acids is 1. The van der Waals surface area contributed by atoms with Gasteiger partial charge in [0.25, 0.3) is 0 Å². The Hall–Kier alpha value is -1.36. The molecule has 0 aliphatic rings. The molecule has 0 saturated carbocycles. The van der Waals surface area contributed by atoms with Gasteiger partial charge in [-0.1, -0.05) is 13.0 Å². The average Bonchev–Trinajstić information content (AvgIpc) is 2.25. The zero-order chi connectivity index (χ0) is 12.2. The van der Waals surface area contributed by atoms with Gasteiger partial charge in [-0.15, -0.1) is 0 Å². The first-order chi connectivity index (χ1) is 7.43. The minimum atomic E-state index is -3.23. The van der Waals surface area contributed by atoms with E-state index in [0.29, 0.717) is 12.2 Å². The van der Waals surface area contributed by atoms with Crippen molar-refractivity contribution >= 4 is 15.6 Å². The lowest BCUT2D eigenvalue weighted by Crippen LogP contribution is -2.09. The minimum absolute atomic E-state index is 0.0234. The van der Waals surface area contributed by atoms with Crippen molar-refractivity contribution in [3.05, 3.63) is 24.3 Å². The van der Waals surface area contributed by atoms with E-state index in [9.17, 15) is 13.2 Å². The molecule has 0 heterocycles.